The molecule has 2 atom stereocenters. The summed E-state index contributed by atoms with van der Waals surface area (Å²) in [5.41, 5.74) is 1.73. The summed E-state index contributed by atoms with van der Waals surface area (Å²) in [7, 11) is 4.14. The quantitative estimate of drug-likeness (QED) is 0.660. The molecule has 2 aromatic carbocycles. The highest BCUT2D eigenvalue weighted by Crippen LogP contribution is 2.09. The highest BCUT2D eigenvalue weighted by atomic mass is 16.2. The van der Waals surface area contributed by atoms with Gasteiger partial charge >= 0.3 is 0 Å². The maximum atomic E-state index is 12.8. The van der Waals surface area contributed by atoms with Crippen LogP contribution < -0.4 is 15.5 Å². The molecule has 0 bridgehead atoms. The number of nitrogens with one attached hydrogen (secondary N) is 3. The number of quaternary nitrogens is 1. The Kier molecular flexibility index (Phi) is 7.55. The van der Waals surface area contributed by atoms with Gasteiger partial charge in [-0.15, -0.1) is 0 Å². The van der Waals surface area contributed by atoms with E-state index < -0.39 is 6.04 Å². The Labute approximate surface area is 161 Å². The van der Waals surface area contributed by atoms with Crippen LogP contribution in [0.4, 0.5) is 0 Å². The Morgan fingerprint density at radius 2 is 1.48 bits per heavy atom. The van der Waals surface area contributed by atoms with Crippen molar-refractivity contribution in [1.29, 1.82) is 0 Å². The maximum absolute atomic E-state index is 12.8. The lowest BCUT2D eigenvalue weighted by Gasteiger charge is -2.25. The third-order valence-electron chi connectivity index (χ3n) is 4.65. The van der Waals surface area contributed by atoms with Crippen LogP contribution in [-0.4, -0.2) is 38.5 Å². The minimum absolute atomic E-state index is 0.0143. The Bertz CT molecular complexity index is 730. The van der Waals surface area contributed by atoms with E-state index in [-0.39, 0.29) is 23.8 Å². The highest BCUT2D eigenvalue weighted by molar-refractivity contribution is 5.97. The number of carbonyl (C=O) groups excluding carboxylic acids is 2. The van der Waals surface area contributed by atoms with E-state index in [1.807, 2.05) is 50.2 Å². The Morgan fingerprint density at radius 1 is 0.926 bits per heavy atom. The van der Waals surface area contributed by atoms with Crippen LogP contribution in [0.5, 0.6) is 0 Å². The van der Waals surface area contributed by atoms with Crippen LogP contribution in [-0.2, 0) is 4.79 Å². The van der Waals surface area contributed by atoms with Crippen molar-refractivity contribution in [3.63, 3.8) is 0 Å². The number of likely N-dealkylation sites (N-methyl/N-ethyl adjacent to an activating group) is 1. The zero-order chi connectivity index (χ0) is 19.8. The summed E-state index contributed by atoms with van der Waals surface area (Å²) in [5, 5.41) is 5.89. The summed E-state index contributed by atoms with van der Waals surface area (Å²) in [6.45, 7) is 4.37. The van der Waals surface area contributed by atoms with Crippen molar-refractivity contribution in [3.05, 3.63) is 71.8 Å². The fourth-order valence-electron chi connectivity index (χ4n) is 3.00. The third kappa shape index (κ3) is 5.93. The van der Waals surface area contributed by atoms with Gasteiger partial charge in [-0.2, -0.15) is 0 Å². The van der Waals surface area contributed by atoms with Gasteiger partial charge in [0, 0.05) is 11.1 Å². The molecule has 3 N–H and O–H groups in total. The van der Waals surface area contributed by atoms with Crippen molar-refractivity contribution >= 4 is 11.8 Å². The summed E-state index contributed by atoms with van der Waals surface area (Å²) < 4.78 is 0. The van der Waals surface area contributed by atoms with Crippen LogP contribution in [0.1, 0.15) is 35.8 Å². The van der Waals surface area contributed by atoms with Crippen molar-refractivity contribution in [2.75, 3.05) is 20.6 Å². The van der Waals surface area contributed by atoms with Gasteiger partial charge in [0.05, 0.1) is 20.6 Å². The van der Waals surface area contributed by atoms with Crippen LogP contribution in [0.25, 0.3) is 0 Å². The zero-order valence-corrected chi connectivity index (χ0v) is 16.5. The van der Waals surface area contributed by atoms with Crippen molar-refractivity contribution < 1.29 is 14.5 Å². The van der Waals surface area contributed by atoms with E-state index in [2.05, 4.69) is 36.9 Å². The normalized spacial score (nSPS) is 13.3. The largest absolute Gasteiger partial charge is 0.348 e. The number of rotatable bonds is 8. The molecule has 2 rings (SSSR count). The van der Waals surface area contributed by atoms with Gasteiger partial charge < -0.3 is 15.5 Å². The molecule has 0 aromatic heterocycles. The molecule has 0 heterocycles. The molecule has 5 nitrogen and oxygen atoms in total. The molecular formula is C22H30N3O2+. The van der Waals surface area contributed by atoms with E-state index in [0.717, 1.165) is 0 Å². The minimum Gasteiger partial charge on any atom is -0.348 e. The van der Waals surface area contributed by atoms with Gasteiger partial charge in [0.15, 0.2) is 0 Å². The molecule has 2 amide bonds. The fourth-order valence-corrected chi connectivity index (χ4v) is 3.00. The Hall–Kier alpha value is -2.66. The zero-order valence-electron chi connectivity index (χ0n) is 16.5. The standard InChI is InChI=1S/C22H29N3O2/c1-16(2)20(24-21(26)18-13-9-6-10-14-18)22(27)23-15-19(25(3)4)17-11-7-5-8-12-17/h5-14,16,19-20H,15H2,1-4H3,(H,23,27)(H,24,26)/p+1/t19-,20+/m1/s1. The van der Waals surface area contributed by atoms with Crippen LogP contribution >= 0.6 is 0 Å². The topological polar surface area (TPSA) is 62.6 Å². The van der Waals surface area contributed by atoms with E-state index >= 15 is 0 Å². The number of benzene rings is 2. The number of carbonyl (C=O) groups is 2. The average Bonchev–Trinajstić information content (AvgIpc) is 2.67. The number of amides is 2. The monoisotopic (exact) mass is 368 g/mol. The Balaban J connectivity index is 2.03. The van der Waals surface area contributed by atoms with Crippen molar-refractivity contribution in [2.45, 2.75) is 25.9 Å². The lowest BCUT2D eigenvalue weighted by Crippen LogP contribution is -3.07. The average molecular weight is 369 g/mol. The summed E-state index contributed by atoms with van der Waals surface area (Å²) in [6.07, 6.45) is 0. The third-order valence-corrected chi connectivity index (χ3v) is 4.65. The Morgan fingerprint density at radius 3 is 2.00 bits per heavy atom. The summed E-state index contributed by atoms with van der Waals surface area (Å²) in [6, 6.07) is 18.7. The molecule has 2 aromatic rings. The van der Waals surface area contributed by atoms with E-state index in [4.69, 9.17) is 0 Å². The highest BCUT2D eigenvalue weighted by Gasteiger charge is 2.26. The first kappa shape index (κ1) is 20.6. The van der Waals surface area contributed by atoms with Gasteiger partial charge in [0.2, 0.25) is 5.91 Å². The minimum atomic E-state index is -0.578. The lowest BCUT2D eigenvalue weighted by atomic mass is 10.0. The van der Waals surface area contributed by atoms with Crippen molar-refractivity contribution in [1.82, 2.24) is 10.6 Å². The van der Waals surface area contributed by atoms with Crippen LogP contribution in [0.15, 0.2) is 60.7 Å². The summed E-state index contributed by atoms with van der Waals surface area (Å²) >= 11 is 0. The van der Waals surface area contributed by atoms with Gasteiger partial charge in [0.25, 0.3) is 5.91 Å². The SMILES string of the molecule is CC(C)[C@H](NC(=O)c1ccccc1)C(=O)NC[C@H](c1ccccc1)[NH+](C)C. The second-order valence-corrected chi connectivity index (χ2v) is 7.35. The van der Waals surface area contributed by atoms with Crippen LogP contribution in [0.3, 0.4) is 0 Å². The fraction of sp³-hybridized carbons (Fsp3) is 0.364. The number of hydrogen-bond donors (Lipinski definition) is 3. The maximum Gasteiger partial charge on any atom is 0.251 e. The molecular weight excluding hydrogens is 338 g/mol. The number of hydrogen-bond acceptors (Lipinski definition) is 2. The van der Waals surface area contributed by atoms with E-state index in [1.54, 1.807) is 12.1 Å². The molecule has 0 radical (unpaired) electrons. The van der Waals surface area contributed by atoms with Crippen LogP contribution in [0, 0.1) is 5.92 Å². The molecule has 27 heavy (non-hydrogen) atoms. The van der Waals surface area contributed by atoms with Gasteiger partial charge in [-0.05, 0) is 18.1 Å². The molecule has 0 unspecified atom stereocenters. The smallest absolute Gasteiger partial charge is 0.251 e. The molecule has 0 saturated carbocycles. The lowest BCUT2D eigenvalue weighted by molar-refractivity contribution is -0.890. The van der Waals surface area contributed by atoms with Gasteiger partial charge in [-0.3, -0.25) is 9.59 Å². The predicted octanol–water partition coefficient (Wildman–Crippen LogP) is 1.44. The van der Waals surface area contributed by atoms with Gasteiger partial charge in [0.1, 0.15) is 12.1 Å². The van der Waals surface area contributed by atoms with Gasteiger partial charge in [-0.1, -0.05) is 62.4 Å². The molecule has 0 aliphatic heterocycles. The molecule has 0 aliphatic rings. The first-order valence-electron chi connectivity index (χ1n) is 9.38. The predicted molar refractivity (Wildman–Crippen MR) is 108 cm³/mol. The van der Waals surface area contributed by atoms with E-state index in [0.29, 0.717) is 12.1 Å². The molecule has 0 spiro atoms. The molecule has 0 aliphatic carbocycles. The van der Waals surface area contributed by atoms with Crippen molar-refractivity contribution in [2.24, 2.45) is 5.92 Å². The second-order valence-electron chi connectivity index (χ2n) is 7.35. The molecule has 144 valence electrons. The first-order valence-corrected chi connectivity index (χ1v) is 9.38. The summed E-state index contributed by atoms with van der Waals surface area (Å²) in [5.74, 6) is -0.404. The van der Waals surface area contributed by atoms with Crippen molar-refractivity contribution in [3.8, 4) is 0 Å². The molecule has 0 fully saturated rings. The molecule has 5 heteroatoms. The van der Waals surface area contributed by atoms with E-state index in [1.165, 1.54) is 10.5 Å². The summed E-state index contributed by atoms with van der Waals surface area (Å²) in [4.78, 5) is 26.4. The second kappa shape index (κ2) is 9.88. The van der Waals surface area contributed by atoms with Crippen LogP contribution in [0.2, 0.25) is 0 Å². The first-order chi connectivity index (χ1) is 12.9. The molecule has 0 saturated heterocycles. The van der Waals surface area contributed by atoms with E-state index in [9.17, 15) is 9.59 Å². The van der Waals surface area contributed by atoms with Gasteiger partial charge in [-0.25, -0.2) is 0 Å².